The average Bonchev–Trinajstić information content (AvgIpc) is 2.29. The van der Waals surface area contributed by atoms with E-state index in [0.29, 0.717) is 6.54 Å². The fourth-order valence-corrected chi connectivity index (χ4v) is 1.78. The van der Waals surface area contributed by atoms with Crippen molar-refractivity contribution in [1.29, 1.82) is 0 Å². The summed E-state index contributed by atoms with van der Waals surface area (Å²) < 4.78 is 0. The van der Waals surface area contributed by atoms with E-state index in [1.165, 1.54) is 11.3 Å². The highest BCUT2D eigenvalue weighted by Crippen LogP contribution is 2.27. The van der Waals surface area contributed by atoms with Crippen LogP contribution < -0.4 is 4.90 Å². The van der Waals surface area contributed by atoms with Crippen molar-refractivity contribution in [1.82, 2.24) is 0 Å². The Hall–Kier alpha value is -1.93. The molecule has 1 aromatic rings. The Labute approximate surface area is 88.5 Å². The van der Waals surface area contributed by atoms with Crippen LogP contribution in [-0.4, -0.2) is 19.6 Å². The quantitative estimate of drug-likeness (QED) is 0.411. The van der Waals surface area contributed by atoms with Crippen molar-refractivity contribution in [2.75, 3.05) is 18.5 Å². The van der Waals surface area contributed by atoms with Crippen LogP contribution in [0, 0.1) is 0 Å². The summed E-state index contributed by atoms with van der Waals surface area (Å²) in [5.74, 6) is 0. The van der Waals surface area contributed by atoms with Crippen molar-refractivity contribution in [2.24, 2.45) is 5.11 Å². The Balaban J connectivity index is 2.28. The number of anilines is 1. The normalized spacial score (nSPS) is 18.2. The van der Waals surface area contributed by atoms with Gasteiger partial charge in [-0.3, -0.25) is 0 Å². The van der Waals surface area contributed by atoms with Gasteiger partial charge in [0.25, 0.3) is 0 Å². The van der Waals surface area contributed by atoms with Gasteiger partial charge in [-0.1, -0.05) is 35.5 Å². The molecule has 1 unspecified atom stereocenters. The SMILES string of the molecule is CN1c2ccccc2C=CC1CN=[N+]=[N-]. The van der Waals surface area contributed by atoms with Crippen molar-refractivity contribution in [3.63, 3.8) is 0 Å². The molecule has 1 heterocycles. The number of benzene rings is 1. The minimum Gasteiger partial charge on any atom is -0.368 e. The molecule has 1 atom stereocenters. The van der Waals surface area contributed by atoms with E-state index in [-0.39, 0.29) is 6.04 Å². The van der Waals surface area contributed by atoms with E-state index < -0.39 is 0 Å². The van der Waals surface area contributed by atoms with Gasteiger partial charge in [0.1, 0.15) is 0 Å². The number of fused-ring (bicyclic) bond motifs is 1. The van der Waals surface area contributed by atoms with E-state index in [9.17, 15) is 0 Å². The van der Waals surface area contributed by atoms with Crippen molar-refractivity contribution >= 4 is 11.8 Å². The molecule has 76 valence electrons. The van der Waals surface area contributed by atoms with Crippen LogP contribution in [0.4, 0.5) is 5.69 Å². The first kappa shape index (κ1) is 9.62. The third-order valence-electron chi connectivity index (χ3n) is 2.64. The van der Waals surface area contributed by atoms with E-state index in [1.807, 2.05) is 19.2 Å². The maximum Gasteiger partial charge on any atom is 0.0529 e. The van der Waals surface area contributed by atoms with Gasteiger partial charge in [0.2, 0.25) is 0 Å². The number of azide groups is 1. The van der Waals surface area contributed by atoms with Crippen molar-refractivity contribution in [3.05, 3.63) is 46.3 Å². The van der Waals surface area contributed by atoms with Gasteiger partial charge in [-0.25, -0.2) is 0 Å². The van der Waals surface area contributed by atoms with Crippen LogP contribution in [0.15, 0.2) is 35.5 Å². The zero-order chi connectivity index (χ0) is 10.7. The lowest BCUT2D eigenvalue weighted by Gasteiger charge is -2.31. The lowest BCUT2D eigenvalue weighted by atomic mass is 10.0. The topological polar surface area (TPSA) is 52.0 Å². The molecule has 0 fully saturated rings. The zero-order valence-electron chi connectivity index (χ0n) is 8.54. The summed E-state index contributed by atoms with van der Waals surface area (Å²) in [4.78, 5) is 4.91. The van der Waals surface area contributed by atoms with Gasteiger partial charge < -0.3 is 4.90 Å². The standard InChI is InChI=1S/C11H12N4/c1-15-10(8-13-14-12)7-6-9-4-2-3-5-11(9)15/h2-7,10H,8H2,1H3. The molecule has 1 aliphatic heterocycles. The molecule has 4 heteroatoms. The number of likely N-dealkylation sites (N-methyl/N-ethyl adjacent to an activating group) is 1. The van der Waals surface area contributed by atoms with Gasteiger partial charge >= 0.3 is 0 Å². The highest BCUT2D eigenvalue weighted by atomic mass is 15.2. The van der Waals surface area contributed by atoms with Crippen LogP contribution in [0.25, 0.3) is 16.5 Å². The minimum absolute atomic E-state index is 0.163. The number of para-hydroxylation sites is 1. The first-order valence-corrected chi connectivity index (χ1v) is 4.84. The van der Waals surface area contributed by atoms with E-state index in [2.05, 4.69) is 39.2 Å². The highest BCUT2D eigenvalue weighted by molar-refractivity contribution is 5.71. The van der Waals surface area contributed by atoms with E-state index in [0.717, 1.165) is 0 Å². The van der Waals surface area contributed by atoms with Gasteiger partial charge in [0.15, 0.2) is 0 Å². The second kappa shape index (κ2) is 4.07. The zero-order valence-corrected chi connectivity index (χ0v) is 8.54. The Morgan fingerprint density at radius 3 is 3.07 bits per heavy atom. The number of hydrogen-bond acceptors (Lipinski definition) is 2. The lowest BCUT2D eigenvalue weighted by molar-refractivity contribution is 0.748. The molecule has 0 amide bonds. The maximum absolute atomic E-state index is 8.29. The molecule has 0 bridgehead atoms. The highest BCUT2D eigenvalue weighted by Gasteiger charge is 2.17. The van der Waals surface area contributed by atoms with Gasteiger partial charge in [-0.05, 0) is 17.2 Å². The molecule has 1 aromatic carbocycles. The van der Waals surface area contributed by atoms with Gasteiger partial charge in [-0.15, -0.1) is 0 Å². The summed E-state index contributed by atoms with van der Waals surface area (Å²) in [6.07, 6.45) is 4.14. The Morgan fingerprint density at radius 2 is 2.27 bits per heavy atom. The molecule has 15 heavy (non-hydrogen) atoms. The van der Waals surface area contributed by atoms with Gasteiger partial charge in [0, 0.05) is 24.2 Å². The molecule has 4 nitrogen and oxygen atoms in total. The maximum atomic E-state index is 8.29. The minimum atomic E-state index is 0.163. The molecule has 0 saturated heterocycles. The van der Waals surface area contributed by atoms with E-state index in [4.69, 9.17) is 5.53 Å². The Kier molecular flexibility index (Phi) is 2.61. The molecule has 0 aromatic heterocycles. The fraction of sp³-hybridized carbons (Fsp3) is 0.273. The van der Waals surface area contributed by atoms with Crippen molar-refractivity contribution < 1.29 is 0 Å². The number of rotatable bonds is 2. The largest absolute Gasteiger partial charge is 0.368 e. The fourth-order valence-electron chi connectivity index (χ4n) is 1.78. The van der Waals surface area contributed by atoms with Crippen molar-refractivity contribution in [2.45, 2.75) is 6.04 Å². The summed E-state index contributed by atoms with van der Waals surface area (Å²) in [6, 6.07) is 8.34. The Bertz CT molecular complexity index is 432. The molecule has 0 aliphatic carbocycles. The predicted octanol–water partition coefficient (Wildman–Crippen LogP) is 2.83. The van der Waals surface area contributed by atoms with Crippen molar-refractivity contribution in [3.8, 4) is 0 Å². The molecular weight excluding hydrogens is 188 g/mol. The smallest absolute Gasteiger partial charge is 0.0529 e. The van der Waals surface area contributed by atoms with Gasteiger partial charge in [0.05, 0.1) is 6.04 Å². The van der Waals surface area contributed by atoms with Crippen LogP contribution in [0.3, 0.4) is 0 Å². The average molecular weight is 200 g/mol. The molecule has 0 N–H and O–H groups in total. The molecule has 0 spiro atoms. The van der Waals surface area contributed by atoms with Crippen LogP contribution in [0.2, 0.25) is 0 Å². The molecule has 2 rings (SSSR count). The van der Waals surface area contributed by atoms with Crippen LogP contribution >= 0.6 is 0 Å². The molecule has 0 radical (unpaired) electrons. The van der Waals surface area contributed by atoms with Crippen LogP contribution in [0.5, 0.6) is 0 Å². The monoisotopic (exact) mass is 200 g/mol. The van der Waals surface area contributed by atoms with Gasteiger partial charge in [-0.2, -0.15) is 0 Å². The second-order valence-electron chi connectivity index (χ2n) is 3.51. The summed E-state index contributed by atoms with van der Waals surface area (Å²) in [6.45, 7) is 0.470. The number of nitrogens with zero attached hydrogens (tertiary/aromatic N) is 4. The molecule has 1 aliphatic rings. The lowest BCUT2D eigenvalue weighted by Crippen LogP contribution is -2.34. The van der Waals surface area contributed by atoms with Crippen LogP contribution in [-0.2, 0) is 0 Å². The molecular formula is C11H12N4. The van der Waals surface area contributed by atoms with E-state index in [1.54, 1.807) is 0 Å². The summed E-state index contributed by atoms with van der Waals surface area (Å²) in [5, 5.41) is 3.61. The van der Waals surface area contributed by atoms with Crippen LogP contribution in [0.1, 0.15) is 5.56 Å². The summed E-state index contributed by atoms with van der Waals surface area (Å²) >= 11 is 0. The second-order valence-corrected chi connectivity index (χ2v) is 3.51. The Morgan fingerprint density at radius 1 is 1.47 bits per heavy atom. The van der Waals surface area contributed by atoms with E-state index >= 15 is 0 Å². The molecule has 0 saturated carbocycles. The summed E-state index contributed by atoms with van der Waals surface area (Å²) in [7, 11) is 2.01. The third kappa shape index (κ3) is 1.80. The predicted molar refractivity (Wildman–Crippen MR) is 61.7 cm³/mol. The third-order valence-corrected chi connectivity index (χ3v) is 2.64. The first-order valence-electron chi connectivity index (χ1n) is 4.84. The summed E-state index contributed by atoms with van der Waals surface area (Å²) in [5.41, 5.74) is 10.7. The first-order chi connectivity index (χ1) is 7.33. The number of hydrogen-bond donors (Lipinski definition) is 0.